The van der Waals surface area contributed by atoms with Crippen LogP contribution in [-0.4, -0.2) is 70.4 Å². The van der Waals surface area contributed by atoms with Gasteiger partial charge in [0, 0.05) is 36.8 Å². The highest BCUT2D eigenvalue weighted by molar-refractivity contribution is 6.31. The van der Waals surface area contributed by atoms with Crippen LogP contribution < -0.4 is 10.1 Å². The zero-order valence-electron chi connectivity index (χ0n) is 20.9. The van der Waals surface area contributed by atoms with Crippen molar-refractivity contribution in [2.45, 2.75) is 31.8 Å². The third kappa shape index (κ3) is 9.53. The minimum atomic E-state index is -1.26. The minimum absolute atomic E-state index is 0.193. The number of hydrogen-bond donors (Lipinski definition) is 4. The summed E-state index contributed by atoms with van der Waals surface area (Å²) < 4.78 is 5.29. The molecule has 200 valence electrons. The number of carbonyl (C=O) groups is 3. The average Bonchev–Trinajstić information content (AvgIpc) is 2.88. The number of carbonyl (C=O) groups excluding carboxylic acids is 1. The summed E-state index contributed by atoms with van der Waals surface area (Å²) in [6, 6.07) is 15.2. The Hall–Kier alpha value is -3.40. The maximum absolute atomic E-state index is 12.8. The van der Waals surface area contributed by atoms with Crippen molar-refractivity contribution in [1.82, 2.24) is 4.90 Å². The van der Waals surface area contributed by atoms with E-state index in [-0.39, 0.29) is 5.91 Å². The van der Waals surface area contributed by atoms with Crippen LogP contribution in [0.5, 0.6) is 5.75 Å². The summed E-state index contributed by atoms with van der Waals surface area (Å²) >= 11 is 6.24. The van der Waals surface area contributed by atoms with Crippen LogP contribution in [0.3, 0.4) is 0 Å². The van der Waals surface area contributed by atoms with Gasteiger partial charge < -0.3 is 30.3 Å². The van der Waals surface area contributed by atoms with Crippen molar-refractivity contribution in [3.05, 3.63) is 71.3 Å². The van der Waals surface area contributed by atoms with E-state index in [0.29, 0.717) is 36.4 Å². The molecule has 0 spiro atoms. The van der Waals surface area contributed by atoms with Crippen LogP contribution in [0.4, 0.5) is 5.69 Å². The van der Waals surface area contributed by atoms with Gasteiger partial charge in [0.1, 0.15) is 5.75 Å². The summed E-state index contributed by atoms with van der Waals surface area (Å²) in [5.41, 5.74) is 0.750. The van der Waals surface area contributed by atoms with Crippen LogP contribution in [0, 0.1) is 5.92 Å². The molecule has 1 fully saturated rings. The maximum atomic E-state index is 12.8. The van der Waals surface area contributed by atoms with Crippen LogP contribution >= 0.6 is 11.6 Å². The maximum Gasteiger partial charge on any atom is 0.328 e. The molecule has 0 aliphatic carbocycles. The molecule has 0 bridgehead atoms. The van der Waals surface area contributed by atoms with Crippen molar-refractivity contribution in [1.29, 1.82) is 0 Å². The van der Waals surface area contributed by atoms with Gasteiger partial charge in [0.25, 0.3) is 0 Å². The molecule has 3 rings (SSSR count). The standard InChI is InChI=1S/C23H29ClN2O3.C4H4O4/c1-17(22(27)25-20-9-5-6-10-21(20)29-2)23(28)12-15-26(16-13-23)14-11-18-7-3-4-8-19(18)24;5-3(6)1-2-4(7)8/h3-10,17,28H,11-16H2,1-2H3,(H,25,27);1-2H,(H,5,6)(H,7,8)/b;2-1+. The van der Waals surface area contributed by atoms with E-state index >= 15 is 0 Å². The molecular formula is C27H33ClN2O7. The fourth-order valence-corrected chi connectivity index (χ4v) is 4.18. The van der Waals surface area contributed by atoms with Gasteiger partial charge in [-0.15, -0.1) is 0 Å². The van der Waals surface area contributed by atoms with Crippen molar-refractivity contribution in [2.75, 3.05) is 32.1 Å². The largest absolute Gasteiger partial charge is 0.495 e. The Morgan fingerprint density at radius 1 is 1.05 bits per heavy atom. The van der Waals surface area contributed by atoms with Gasteiger partial charge in [0.05, 0.1) is 24.3 Å². The Morgan fingerprint density at radius 3 is 2.19 bits per heavy atom. The number of anilines is 1. The highest BCUT2D eigenvalue weighted by atomic mass is 35.5. The lowest BCUT2D eigenvalue weighted by molar-refractivity contribution is -0.134. The van der Waals surface area contributed by atoms with E-state index in [9.17, 15) is 19.5 Å². The third-order valence-corrected chi connectivity index (χ3v) is 6.68. The number of piperidine rings is 1. The topological polar surface area (TPSA) is 136 Å². The molecule has 0 radical (unpaired) electrons. The number of methoxy groups -OCH3 is 1. The molecule has 2 aromatic rings. The summed E-state index contributed by atoms with van der Waals surface area (Å²) in [5.74, 6) is -2.62. The summed E-state index contributed by atoms with van der Waals surface area (Å²) in [6.07, 6.45) is 3.12. The first-order chi connectivity index (χ1) is 17.6. The number of aliphatic hydroxyl groups is 1. The van der Waals surface area contributed by atoms with Gasteiger partial charge in [-0.05, 0) is 43.0 Å². The number of nitrogens with zero attached hydrogens (tertiary/aromatic N) is 1. The number of hydrogen-bond acceptors (Lipinski definition) is 6. The fourth-order valence-electron chi connectivity index (χ4n) is 3.95. The molecule has 0 aromatic heterocycles. The molecule has 2 aromatic carbocycles. The van der Waals surface area contributed by atoms with Crippen molar-refractivity contribution in [3.8, 4) is 5.75 Å². The second-order valence-corrected chi connectivity index (χ2v) is 9.11. The molecule has 1 unspecified atom stereocenters. The molecule has 10 heteroatoms. The van der Waals surface area contributed by atoms with E-state index < -0.39 is 23.5 Å². The number of nitrogens with one attached hydrogen (secondary N) is 1. The van der Waals surface area contributed by atoms with E-state index in [1.165, 1.54) is 0 Å². The molecule has 4 N–H and O–H groups in total. The first kappa shape index (κ1) is 29.8. The second kappa shape index (κ2) is 14.4. The Labute approximate surface area is 221 Å². The van der Waals surface area contributed by atoms with E-state index in [1.807, 2.05) is 36.4 Å². The zero-order chi connectivity index (χ0) is 27.4. The van der Waals surface area contributed by atoms with Gasteiger partial charge in [0.15, 0.2) is 0 Å². The summed E-state index contributed by atoms with van der Waals surface area (Å²) in [4.78, 5) is 34.2. The lowest BCUT2D eigenvalue weighted by atomic mass is 9.80. The third-order valence-electron chi connectivity index (χ3n) is 6.31. The van der Waals surface area contributed by atoms with E-state index in [0.717, 1.165) is 36.6 Å². The number of rotatable bonds is 9. The van der Waals surface area contributed by atoms with Crippen molar-refractivity contribution in [2.24, 2.45) is 5.92 Å². The Bertz CT molecular complexity index is 1080. The quantitative estimate of drug-likeness (QED) is 0.359. The van der Waals surface area contributed by atoms with Crippen LogP contribution in [0.25, 0.3) is 0 Å². The van der Waals surface area contributed by atoms with E-state index in [4.69, 9.17) is 26.6 Å². The molecule has 1 heterocycles. The zero-order valence-corrected chi connectivity index (χ0v) is 21.6. The number of carboxylic acids is 2. The highest BCUT2D eigenvalue weighted by Gasteiger charge is 2.41. The molecule has 9 nitrogen and oxygen atoms in total. The van der Waals surface area contributed by atoms with E-state index in [2.05, 4.69) is 10.2 Å². The summed E-state index contributed by atoms with van der Waals surface area (Å²) in [5, 5.41) is 30.4. The van der Waals surface area contributed by atoms with Gasteiger partial charge >= 0.3 is 11.9 Å². The Kier molecular flexibility index (Phi) is 11.6. The normalized spacial score (nSPS) is 15.8. The van der Waals surface area contributed by atoms with Crippen LogP contribution in [-0.2, 0) is 20.8 Å². The van der Waals surface area contributed by atoms with Gasteiger partial charge in [-0.25, -0.2) is 9.59 Å². The molecule has 0 saturated carbocycles. The predicted molar refractivity (Wildman–Crippen MR) is 141 cm³/mol. The average molecular weight is 533 g/mol. The van der Waals surface area contributed by atoms with Crippen LogP contribution in [0.1, 0.15) is 25.3 Å². The Morgan fingerprint density at radius 2 is 1.62 bits per heavy atom. The van der Waals surface area contributed by atoms with E-state index in [1.54, 1.807) is 26.2 Å². The predicted octanol–water partition coefficient (Wildman–Crippen LogP) is 3.70. The number of benzene rings is 2. The highest BCUT2D eigenvalue weighted by Crippen LogP contribution is 2.32. The molecule has 1 aliphatic heterocycles. The number of para-hydroxylation sites is 2. The molecule has 1 saturated heterocycles. The number of aliphatic carboxylic acids is 2. The smallest absolute Gasteiger partial charge is 0.328 e. The molecular weight excluding hydrogens is 500 g/mol. The monoisotopic (exact) mass is 532 g/mol. The lowest BCUT2D eigenvalue weighted by Gasteiger charge is -2.41. The number of likely N-dealkylation sites (tertiary alicyclic amines) is 1. The first-order valence-corrected chi connectivity index (χ1v) is 12.2. The van der Waals surface area contributed by atoms with Gasteiger partial charge in [-0.2, -0.15) is 0 Å². The van der Waals surface area contributed by atoms with Crippen molar-refractivity contribution < 1.29 is 34.4 Å². The minimum Gasteiger partial charge on any atom is -0.495 e. The summed E-state index contributed by atoms with van der Waals surface area (Å²) in [7, 11) is 1.57. The number of amides is 1. The fraction of sp³-hybridized carbons (Fsp3) is 0.370. The number of ether oxygens (including phenoxy) is 1. The molecule has 1 amide bonds. The molecule has 1 atom stereocenters. The number of halogens is 1. The van der Waals surface area contributed by atoms with Crippen LogP contribution in [0.2, 0.25) is 5.02 Å². The number of carboxylic acid groups (broad SMARTS) is 2. The summed E-state index contributed by atoms with van der Waals surface area (Å²) in [6.45, 7) is 4.20. The van der Waals surface area contributed by atoms with Gasteiger partial charge in [-0.3, -0.25) is 4.79 Å². The first-order valence-electron chi connectivity index (χ1n) is 11.8. The Balaban J connectivity index is 0.000000521. The SMILES string of the molecule is COc1ccccc1NC(=O)C(C)C1(O)CCN(CCc2ccccc2Cl)CC1.O=C(O)/C=C/C(=O)O. The van der Waals surface area contributed by atoms with Crippen molar-refractivity contribution in [3.63, 3.8) is 0 Å². The van der Waals surface area contributed by atoms with Gasteiger partial charge in [0.2, 0.25) is 5.91 Å². The van der Waals surface area contributed by atoms with Gasteiger partial charge in [-0.1, -0.05) is 48.9 Å². The second-order valence-electron chi connectivity index (χ2n) is 8.71. The lowest BCUT2D eigenvalue weighted by Crippen LogP contribution is -2.51. The van der Waals surface area contributed by atoms with Crippen molar-refractivity contribution >= 4 is 35.1 Å². The molecule has 37 heavy (non-hydrogen) atoms. The van der Waals surface area contributed by atoms with Crippen LogP contribution in [0.15, 0.2) is 60.7 Å². The molecule has 1 aliphatic rings.